The van der Waals surface area contributed by atoms with Gasteiger partial charge in [0.05, 0.1) is 0 Å². The number of nitrogens with zero attached hydrogens (tertiary/aromatic N) is 2. The Kier molecular flexibility index (Phi) is 5.17. The molecule has 24 heavy (non-hydrogen) atoms. The lowest BCUT2D eigenvalue weighted by atomic mass is 9.92. The molecule has 0 aromatic heterocycles. The fraction of sp³-hybridized carbons (Fsp3) is 0.579. The summed E-state index contributed by atoms with van der Waals surface area (Å²) in [7, 11) is 0. The Balaban J connectivity index is 1.54. The second-order valence-corrected chi connectivity index (χ2v) is 7.08. The van der Waals surface area contributed by atoms with Crippen molar-refractivity contribution in [1.82, 2.24) is 9.80 Å². The smallest absolute Gasteiger partial charge is 0.253 e. The van der Waals surface area contributed by atoms with Crippen molar-refractivity contribution in [3.63, 3.8) is 0 Å². The van der Waals surface area contributed by atoms with E-state index in [0.29, 0.717) is 37.4 Å². The highest BCUT2D eigenvalue weighted by Gasteiger charge is 2.31. The van der Waals surface area contributed by atoms with Gasteiger partial charge < -0.3 is 9.80 Å². The first-order valence-corrected chi connectivity index (χ1v) is 8.88. The Morgan fingerprint density at radius 3 is 2.25 bits per heavy atom. The summed E-state index contributed by atoms with van der Waals surface area (Å²) in [5, 5.41) is 0. The molecule has 1 aromatic rings. The van der Waals surface area contributed by atoms with Crippen molar-refractivity contribution in [3.05, 3.63) is 35.6 Å². The van der Waals surface area contributed by atoms with Crippen molar-refractivity contribution in [3.8, 4) is 0 Å². The molecule has 5 heteroatoms. The van der Waals surface area contributed by atoms with Gasteiger partial charge in [0.1, 0.15) is 5.82 Å². The first kappa shape index (κ1) is 16.9. The number of hydrogen-bond donors (Lipinski definition) is 0. The van der Waals surface area contributed by atoms with Gasteiger partial charge in [-0.1, -0.05) is 13.0 Å². The van der Waals surface area contributed by atoms with E-state index in [-0.39, 0.29) is 17.7 Å². The molecule has 2 aliphatic heterocycles. The number of amides is 2. The molecule has 0 radical (unpaired) electrons. The number of rotatable bonds is 2. The van der Waals surface area contributed by atoms with Gasteiger partial charge in [-0.15, -0.1) is 0 Å². The maximum absolute atomic E-state index is 13.3. The van der Waals surface area contributed by atoms with Crippen LogP contribution in [0.15, 0.2) is 24.3 Å². The molecule has 3 rings (SSSR count). The quantitative estimate of drug-likeness (QED) is 0.835. The number of carbonyl (C=O) groups is 2. The third kappa shape index (κ3) is 3.77. The van der Waals surface area contributed by atoms with Crippen molar-refractivity contribution >= 4 is 11.8 Å². The van der Waals surface area contributed by atoms with Crippen LogP contribution in [0.5, 0.6) is 0 Å². The van der Waals surface area contributed by atoms with E-state index in [1.807, 2.05) is 4.90 Å². The highest BCUT2D eigenvalue weighted by molar-refractivity contribution is 5.94. The van der Waals surface area contributed by atoms with Crippen LogP contribution < -0.4 is 0 Å². The van der Waals surface area contributed by atoms with Crippen LogP contribution in [0.3, 0.4) is 0 Å². The fourth-order valence-electron chi connectivity index (χ4n) is 3.62. The molecule has 2 amide bonds. The lowest BCUT2D eigenvalue weighted by molar-refractivity contribution is -0.138. The molecule has 0 saturated carbocycles. The van der Waals surface area contributed by atoms with Gasteiger partial charge in [0, 0.05) is 37.7 Å². The molecular formula is C19H25FN2O2. The molecule has 2 aliphatic rings. The maximum Gasteiger partial charge on any atom is 0.253 e. The van der Waals surface area contributed by atoms with Crippen molar-refractivity contribution in [2.45, 2.75) is 32.6 Å². The van der Waals surface area contributed by atoms with Crippen molar-refractivity contribution in [2.24, 2.45) is 11.8 Å². The molecule has 4 nitrogen and oxygen atoms in total. The average molecular weight is 332 g/mol. The minimum Gasteiger partial charge on any atom is -0.342 e. The Hall–Kier alpha value is -1.91. The van der Waals surface area contributed by atoms with Gasteiger partial charge in [0.2, 0.25) is 5.91 Å². The summed E-state index contributed by atoms with van der Waals surface area (Å²) in [6.45, 7) is 5.09. The lowest BCUT2D eigenvalue weighted by Crippen LogP contribution is -2.46. The summed E-state index contributed by atoms with van der Waals surface area (Å²) in [6.07, 6.45) is 3.57. The van der Waals surface area contributed by atoms with Crippen LogP contribution in [-0.2, 0) is 4.79 Å². The van der Waals surface area contributed by atoms with Crippen LogP contribution >= 0.6 is 0 Å². The molecule has 0 N–H and O–H groups in total. The van der Waals surface area contributed by atoms with Gasteiger partial charge in [-0.2, -0.15) is 0 Å². The van der Waals surface area contributed by atoms with E-state index in [9.17, 15) is 14.0 Å². The standard InChI is InChI=1S/C19H25FN2O2/c1-14-5-9-21(10-6-14)18(23)15-7-11-22(12-8-15)19(24)16-3-2-4-17(20)13-16/h2-4,13-15H,5-12H2,1H3. The lowest BCUT2D eigenvalue weighted by Gasteiger charge is -2.36. The van der Waals surface area contributed by atoms with Gasteiger partial charge in [0.25, 0.3) is 5.91 Å². The highest BCUT2D eigenvalue weighted by Crippen LogP contribution is 2.24. The summed E-state index contributed by atoms with van der Waals surface area (Å²) in [4.78, 5) is 28.8. The van der Waals surface area contributed by atoms with Gasteiger partial charge in [0.15, 0.2) is 0 Å². The Bertz CT molecular complexity index is 603. The Morgan fingerprint density at radius 2 is 1.62 bits per heavy atom. The summed E-state index contributed by atoms with van der Waals surface area (Å²) in [5.74, 6) is 0.437. The summed E-state index contributed by atoms with van der Waals surface area (Å²) >= 11 is 0. The molecule has 0 atom stereocenters. The molecular weight excluding hydrogens is 307 g/mol. The SMILES string of the molecule is CC1CCN(C(=O)C2CCN(C(=O)c3cccc(F)c3)CC2)CC1. The fourth-order valence-corrected chi connectivity index (χ4v) is 3.62. The minimum atomic E-state index is -0.398. The second-order valence-electron chi connectivity index (χ2n) is 7.08. The first-order chi connectivity index (χ1) is 11.5. The molecule has 0 bridgehead atoms. The third-order valence-corrected chi connectivity index (χ3v) is 5.30. The van der Waals surface area contributed by atoms with Gasteiger partial charge in [-0.25, -0.2) is 4.39 Å². The monoisotopic (exact) mass is 332 g/mol. The predicted molar refractivity (Wildman–Crippen MR) is 90.0 cm³/mol. The van der Waals surface area contributed by atoms with E-state index < -0.39 is 5.82 Å². The van der Waals surface area contributed by atoms with Crippen molar-refractivity contribution in [1.29, 1.82) is 0 Å². The average Bonchev–Trinajstić information content (AvgIpc) is 2.61. The van der Waals surface area contributed by atoms with Crippen molar-refractivity contribution < 1.29 is 14.0 Å². The molecule has 130 valence electrons. The predicted octanol–water partition coefficient (Wildman–Crippen LogP) is 2.94. The van der Waals surface area contributed by atoms with E-state index in [2.05, 4.69) is 6.92 Å². The third-order valence-electron chi connectivity index (χ3n) is 5.30. The molecule has 1 aromatic carbocycles. The van der Waals surface area contributed by atoms with E-state index in [1.54, 1.807) is 17.0 Å². The molecule has 2 fully saturated rings. The zero-order valence-corrected chi connectivity index (χ0v) is 14.2. The zero-order chi connectivity index (χ0) is 17.1. The number of hydrogen-bond acceptors (Lipinski definition) is 2. The van der Waals surface area contributed by atoms with Crippen LogP contribution in [-0.4, -0.2) is 47.8 Å². The molecule has 2 heterocycles. The van der Waals surface area contributed by atoms with Gasteiger partial charge >= 0.3 is 0 Å². The number of carbonyl (C=O) groups excluding carboxylic acids is 2. The number of likely N-dealkylation sites (tertiary alicyclic amines) is 2. The van der Waals surface area contributed by atoms with Crippen molar-refractivity contribution in [2.75, 3.05) is 26.2 Å². The normalized spacial score (nSPS) is 20.2. The van der Waals surface area contributed by atoms with Crippen LogP contribution in [0.2, 0.25) is 0 Å². The summed E-state index contributed by atoms with van der Waals surface area (Å²) in [5.41, 5.74) is 0.379. The first-order valence-electron chi connectivity index (χ1n) is 8.88. The van der Waals surface area contributed by atoms with Gasteiger partial charge in [-0.05, 0) is 49.8 Å². The largest absolute Gasteiger partial charge is 0.342 e. The zero-order valence-electron chi connectivity index (χ0n) is 14.2. The Labute approximate surface area is 142 Å². The van der Waals surface area contributed by atoms with E-state index in [4.69, 9.17) is 0 Å². The number of benzene rings is 1. The summed E-state index contributed by atoms with van der Waals surface area (Å²) in [6, 6.07) is 5.80. The highest BCUT2D eigenvalue weighted by atomic mass is 19.1. The number of piperidine rings is 2. The number of halogens is 1. The van der Waals surface area contributed by atoms with E-state index in [1.165, 1.54) is 12.1 Å². The van der Waals surface area contributed by atoms with Crippen LogP contribution in [0, 0.1) is 17.7 Å². The van der Waals surface area contributed by atoms with Gasteiger partial charge in [-0.3, -0.25) is 9.59 Å². The maximum atomic E-state index is 13.3. The van der Waals surface area contributed by atoms with Crippen LogP contribution in [0.1, 0.15) is 43.0 Å². The Morgan fingerprint density at radius 1 is 1.00 bits per heavy atom. The van der Waals surface area contributed by atoms with E-state index >= 15 is 0 Å². The minimum absolute atomic E-state index is 0.0231. The molecule has 0 aliphatic carbocycles. The molecule has 0 spiro atoms. The topological polar surface area (TPSA) is 40.6 Å². The second kappa shape index (κ2) is 7.32. The molecule has 2 saturated heterocycles. The van der Waals surface area contributed by atoms with E-state index in [0.717, 1.165) is 25.9 Å². The summed E-state index contributed by atoms with van der Waals surface area (Å²) < 4.78 is 13.3. The van der Waals surface area contributed by atoms with Crippen LogP contribution in [0.4, 0.5) is 4.39 Å². The molecule has 0 unspecified atom stereocenters. The van der Waals surface area contributed by atoms with Crippen LogP contribution in [0.25, 0.3) is 0 Å².